The molecule has 1 heterocycles. The fraction of sp³-hybridized carbons (Fsp3) is 0.632. The molecule has 6 nitrogen and oxygen atoms in total. The number of aliphatic imine (C=N–C) groups is 1. The van der Waals surface area contributed by atoms with Gasteiger partial charge in [-0.05, 0) is 50.7 Å². The first-order valence-corrected chi connectivity index (χ1v) is 9.33. The first kappa shape index (κ1) is 20.9. The lowest BCUT2D eigenvalue weighted by molar-refractivity contribution is -0.126. The Morgan fingerprint density at radius 1 is 1.23 bits per heavy atom. The van der Waals surface area contributed by atoms with E-state index < -0.39 is 0 Å². The zero-order valence-corrected chi connectivity index (χ0v) is 18.0. The van der Waals surface area contributed by atoms with Crippen LogP contribution < -0.4 is 16.0 Å². The van der Waals surface area contributed by atoms with Crippen molar-refractivity contribution in [2.75, 3.05) is 7.05 Å². The fourth-order valence-electron chi connectivity index (χ4n) is 3.36. The second kappa shape index (κ2) is 10.1. The molecule has 3 rings (SSSR count). The topological polar surface area (TPSA) is 78.4 Å². The highest BCUT2D eigenvalue weighted by molar-refractivity contribution is 14.0. The smallest absolute Gasteiger partial charge is 0.223 e. The lowest BCUT2D eigenvalue weighted by atomic mass is 9.85. The van der Waals surface area contributed by atoms with Gasteiger partial charge in [0.05, 0.1) is 12.2 Å². The van der Waals surface area contributed by atoms with Crippen LogP contribution in [-0.4, -0.2) is 36.0 Å². The van der Waals surface area contributed by atoms with E-state index in [1.54, 1.807) is 7.05 Å². The predicted octanol–water partition coefficient (Wildman–Crippen LogP) is 2.51. The molecule has 3 N–H and O–H groups in total. The first-order chi connectivity index (χ1) is 12.2. The number of halogens is 1. The Balaban J connectivity index is 0.00000243. The second-order valence-corrected chi connectivity index (χ2v) is 7.18. The highest BCUT2D eigenvalue weighted by atomic mass is 127. The number of aryl methyl sites for hydroxylation is 1. The maximum atomic E-state index is 12.3. The number of aromatic nitrogens is 1. The van der Waals surface area contributed by atoms with Crippen molar-refractivity contribution in [1.29, 1.82) is 0 Å². The van der Waals surface area contributed by atoms with E-state index in [1.165, 1.54) is 5.56 Å². The van der Waals surface area contributed by atoms with E-state index in [2.05, 4.69) is 38.9 Å². The largest absolute Gasteiger partial charge is 0.354 e. The van der Waals surface area contributed by atoms with Crippen LogP contribution in [0.3, 0.4) is 0 Å². The normalized spacial score (nSPS) is 22.9. The summed E-state index contributed by atoms with van der Waals surface area (Å²) in [5, 5.41) is 9.96. The maximum absolute atomic E-state index is 12.3. The zero-order valence-electron chi connectivity index (χ0n) is 15.6. The van der Waals surface area contributed by atoms with Crippen LogP contribution in [0.2, 0.25) is 0 Å². The third-order valence-electron chi connectivity index (χ3n) is 5.07. The monoisotopic (exact) mass is 471 g/mol. The fourth-order valence-corrected chi connectivity index (χ4v) is 3.36. The van der Waals surface area contributed by atoms with Crippen molar-refractivity contribution < 1.29 is 4.79 Å². The average molecular weight is 471 g/mol. The van der Waals surface area contributed by atoms with Crippen LogP contribution in [0.4, 0.5) is 0 Å². The molecular formula is C19H30IN5O. The Hall–Kier alpha value is -1.38. The minimum absolute atomic E-state index is 0. The van der Waals surface area contributed by atoms with Gasteiger partial charge in [0.15, 0.2) is 5.96 Å². The Morgan fingerprint density at radius 3 is 2.73 bits per heavy atom. The van der Waals surface area contributed by atoms with Crippen LogP contribution in [0.5, 0.6) is 0 Å². The molecule has 1 aromatic heterocycles. The van der Waals surface area contributed by atoms with Gasteiger partial charge in [0.25, 0.3) is 0 Å². The van der Waals surface area contributed by atoms with E-state index in [0.717, 1.165) is 50.2 Å². The number of amides is 1. The van der Waals surface area contributed by atoms with Gasteiger partial charge in [-0.2, -0.15) is 0 Å². The number of pyridine rings is 1. The molecule has 1 aromatic rings. The van der Waals surface area contributed by atoms with Gasteiger partial charge in [0, 0.05) is 31.2 Å². The third-order valence-corrected chi connectivity index (χ3v) is 5.07. The van der Waals surface area contributed by atoms with Gasteiger partial charge >= 0.3 is 0 Å². The molecule has 2 aliphatic carbocycles. The molecule has 0 radical (unpaired) electrons. The molecule has 2 saturated carbocycles. The molecule has 0 spiro atoms. The van der Waals surface area contributed by atoms with Crippen LogP contribution in [0.15, 0.2) is 23.3 Å². The molecule has 2 atom stereocenters. The molecule has 0 bridgehead atoms. The highest BCUT2D eigenvalue weighted by Gasteiger charge is 2.31. The molecule has 26 heavy (non-hydrogen) atoms. The van der Waals surface area contributed by atoms with E-state index in [0.29, 0.717) is 18.6 Å². The molecule has 7 heteroatoms. The predicted molar refractivity (Wildman–Crippen MR) is 115 cm³/mol. The lowest BCUT2D eigenvalue weighted by Gasteiger charge is -2.30. The molecule has 2 aliphatic rings. The Kier molecular flexibility index (Phi) is 8.12. The summed E-state index contributed by atoms with van der Waals surface area (Å²) >= 11 is 0. The SMILES string of the molecule is CN=C(NCc1ncccc1C)NC1CCCC(C(=O)NC2CC2)C1.I. The van der Waals surface area contributed by atoms with Gasteiger partial charge < -0.3 is 16.0 Å². The van der Waals surface area contributed by atoms with Crippen LogP contribution >= 0.6 is 24.0 Å². The van der Waals surface area contributed by atoms with E-state index >= 15 is 0 Å². The molecule has 0 aliphatic heterocycles. The van der Waals surface area contributed by atoms with Crippen molar-refractivity contribution in [2.24, 2.45) is 10.9 Å². The summed E-state index contributed by atoms with van der Waals surface area (Å²) in [6.45, 7) is 2.70. The molecule has 1 amide bonds. The van der Waals surface area contributed by atoms with Gasteiger partial charge in [-0.3, -0.25) is 14.8 Å². The number of nitrogens with one attached hydrogen (secondary N) is 3. The van der Waals surface area contributed by atoms with E-state index in [4.69, 9.17) is 0 Å². The number of nitrogens with zero attached hydrogens (tertiary/aromatic N) is 2. The van der Waals surface area contributed by atoms with Gasteiger partial charge in [0.2, 0.25) is 5.91 Å². The number of carbonyl (C=O) groups excluding carboxylic acids is 1. The number of guanidine groups is 1. The minimum atomic E-state index is 0. The summed E-state index contributed by atoms with van der Waals surface area (Å²) in [5.74, 6) is 1.14. The second-order valence-electron chi connectivity index (χ2n) is 7.18. The third kappa shape index (κ3) is 6.10. The standard InChI is InChI=1S/C19H29N5O.HI/c1-13-5-4-10-21-17(13)12-22-19(20-2)24-16-7-3-6-14(11-16)18(25)23-15-8-9-15;/h4-5,10,14-16H,3,6-9,11-12H2,1-2H3,(H,23,25)(H2,20,22,24);1H. The van der Waals surface area contributed by atoms with Crippen molar-refractivity contribution in [3.05, 3.63) is 29.6 Å². The van der Waals surface area contributed by atoms with Crippen LogP contribution in [-0.2, 0) is 11.3 Å². The molecule has 2 fully saturated rings. The van der Waals surface area contributed by atoms with E-state index in [1.807, 2.05) is 12.3 Å². The van der Waals surface area contributed by atoms with Crippen molar-refractivity contribution in [2.45, 2.75) is 64.1 Å². The van der Waals surface area contributed by atoms with Crippen molar-refractivity contribution >= 4 is 35.8 Å². The number of hydrogen-bond donors (Lipinski definition) is 3. The average Bonchev–Trinajstić information content (AvgIpc) is 3.44. The summed E-state index contributed by atoms with van der Waals surface area (Å²) in [5.41, 5.74) is 2.19. The zero-order chi connectivity index (χ0) is 17.6. The number of carbonyl (C=O) groups is 1. The van der Waals surface area contributed by atoms with Crippen LogP contribution in [0.1, 0.15) is 49.8 Å². The van der Waals surface area contributed by atoms with Crippen molar-refractivity contribution in [3.63, 3.8) is 0 Å². The quantitative estimate of drug-likeness (QED) is 0.351. The maximum Gasteiger partial charge on any atom is 0.223 e. The van der Waals surface area contributed by atoms with Gasteiger partial charge in [-0.15, -0.1) is 24.0 Å². The Labute approximate surface area is 173 Å². The molecular weight excluding hydrogens is 441 g/mol. The van der Waals surface area contributed by atoms with Gasteiger partial charge in [-0.1, -0.05) is 12.5 Å². The summed E-state index contributed by atoms with van der Waals surface area (Å²) in [6.07, 6.45) is 8.13. The van der Waals surface area contributed by atoms with Crippen LogP contribution in [0.25, 0.3) is 0 Å². The van der Waals surface area contributed by atoms with Gasteiger partial charge in [0.1, 0.15) is 0 Å². The Morgan fingerprint density at radius 2 is 2.04 bits per heavy atom. The summed E-state index contributed by atoms with van der Waals surface area (Å²) in [7, 11) is 1.78. The highest BCUT2D eigenvalue weighted by Crippen LogP contribution is 2.26. The van der Waals surface area contributed by atoms with Gasteiger partial charge in [-0.25, -0.2) is 0 Å². The molecule has 2 unspecified atom stereocenters. The lowest BCUT2D eigenvalue weighted by Crippen LogP contribution is -2.47. The molecule has 144 valence electrons. The van der Waals surface area contributed by atoms with Crippen LogP contribution in [0, 0.1) is 12.8 Å². The van der Waals surface area contributed by atoms with E-state index in [9.17, 15) is 4.79 Å². The molecule has 0 aromatic carbocycles. The van der Waals surface area contributed by atoms with Crippen molar-refractivity contribution in [3.8, 4) is 0 Å². The first-order valence-electron chi connectivity index (χ1n) is 9.33. The summed E-state index contributed by atoms with van der Waals surface area (Å²) in [6, 6.07) is 4.74. The van der Waals surface area contributed by atoms with Crippen molar-refractivity contribution in [1.82, 2.24) is 20.9 Å². The number of rotatable bonds is 5. The minimum Gasteiger partial charge on any atom is -0.354 e. The molecule has 0 saturated heterocycles. The summed E-state index contributed by atoms with van der Waals surface area (Å²) < 4.78 is 0. The number of hydrogen-bond acceptors (Lipinski definition) is 3. The van der Waals surface area contributed by atoms with E-state index in [-0.39, 0.29) is 35.8 Å². The summed E-state index contributed by atoms with van der Waals surface area (Å²) in [4.78, 5) is 21.0. The Bertz CT molecular complexity index is 632.